The van der Waals surface area contributed by atoms with Gasteiger partial charge in [0, 0.05) is 6.04 Å². The van der Waals surface area contributed by atoms with E-state index in [1.165, 1.54) is 17.1 Å². The van der Waals surface area contributed by atoms with Crippen LogP contribution >= 0.6 is 23.1 Å². The molecule has 2 atom stereocenters. The smallest absolute Gasteiger partial charge is 0.241 e. The van der Waals surface area contributed by atoms with Crippen LogP contribution in [0, 0.1) is 0 Å². The minimum absolute atomic E-state index is 0.0180. The average molecular weight is 325 g/mol. The van der Waals surface area contributed by atoms with E-state index < -0.39 is 0 Å². The van der Waals surface area contributed by atoms with E-state index >= 15 is 0 Å². The number of rotatable bonds is 5. The molecule has 5 heteroatoms. The number of carbonyl (C=O) groups is 1. The summed E-state index contributed by atoms with van der Waals surface area (Å²) in [6.07, 6.45) is 5.61. The maximum atomic E-state index is 12.9. The molecule has 1 aromatic rings. The van der Waals surface area contributed by atoms with Crippen molar-refractivity contribution in [3.05, 3.63) is 22.4 Å². The number of thiophene rings is 1. The summed E-state index contributed by atoms with van der Waals surface area (Å²) in [6, 6.07) is 2.59. The molecule has 3 heterocycles. The number of nitrogens with one attached hydrogen (secondary N) is 1. The zero-order valence-corrected chi connectivity index (χ0v) is 14.2. The quantitative estimate of drug-likeness (QED) is 0.897. The summed E-state index contributed by atoms with van der Waals surface area (Å²) in [5.74, 6) is 2.70. The van der Waals surface area contributed by atoms with Crippen LogP contribution in [0.15, 0.2) is 16.8 Å². The van der Waals surface area contributed by atoms with Crippen molar-refractivity contribution in [3.8, 4) is 0 Å². The topological polar surface area (TPSA) is 32.3 Å². The molecule has 2 unspecified atom stereocenters. The molecule has 0 saturated carbocycles. The first kappa shape index (κ1) is 15.4. The van der Waals surface area contributed by atoms with Crippen LogP contribution in [0.4, 0.5) is 0 Å². The SMILES string of the molecule is CCCCC1NC(c2ccsc2)N(C2CCSCC2)C1=O. The van der Waals surface area contributed by atoms with Gasteiger partial charge in [-0.05, 0) is 53.2 Å². The highest BCUT2D eigenvalue weighted by Crippen LogP contribution is 2.34. The number of amides is 1. The molecule has 116 valence electrons. The Bertz CT molecular complexity index is 457. The van der Waals surface area contributed by atoms with Gasteiger partial charge in [-0.3, -0.25) is 10.1 Å². The second-order valence-electron chi connectivity index (χ2n) is 5.91. The van der Waals surface area contributed by atoms with Crippen molar-refractivity contribution in [2.45, 2.75) is 57.3 Å². The molecule has 0 bridgehead atoms. The number of nitrogens with zero attached hydrogens (tertiary/aromatic N) is 1. The highest BCUT2D eigenvalue weighted by atomic mass is 32.2. The number of unbranched alkanes of at least 4 members (excludes halogenated alkanes) is 1. The maximum Gasteiger partial charge on any atom is 0.241 e. The molecule has 1 N–H and O–H groups in total. The van der Waals surface area contributed by atoms with Crippen LogP contribution in [0.2, 0.25) is 0 Å². The molecule has 3 rings (SSSR count). The Kier molecular flexibility index (Phi) is 5.24. The fourth-order valence-corrected chi connectivity index (χ4v) is 5.07. The lowest BCUT2D eigenvalue weighted by molar-refractivity contribution is -0.132. The summed E-state index contributed by atoms with van der Waals surface area (Å²) in [6.45, 7) is 2.19. The van der Waals surface area contributed by atoms with Crippen molar-refractivity contribution in [1.82, 2.24) is 10.2 Å². The van der Waals surface area contributed by atoms with Crippen molar-refractivity contribution in [1.29, 1.82) is 0 Å². The lowest BCUT2D eigenvalue weighted by atomic mass is 10.1. The first-order valence-electron chi connectivity index (χ1n) is 7.99. The molecule has 21 heavy (non-hydrogen) atoms. The minimum atomic E-state index is 0.0180. The molecule has 0 spiro atoms. The van der Waals surface area contributed by atoms with Gasteiger partial charge in [0.2, 0.25) is 5.91 Å². The van der Waals surface area contributed by atoms with Gasteiger partial charge in [0.15, 0.2) is 0 Å². The lowest BCUT2D eigenvalue weighted by Gasteiger charge is -2.34. The second kappa shape index (κ2) is 7.16. The van der Waals surface area contributed by atoms with Gasteiger partial charge in [0.05, 0.1) is 6.04 Å². The van der Waals surface area contributed by atoms with Gasteiger partial charge >= 0.3 is 0 Å². The largest absolute Gasteiger partial charge is 0.318 e. The highest BCUT2D eigenvalue weighted by Gasteiger charge is 2.42. The highest BCUT2D eigenvalue weighted by molar-refractivity contribution is 7.99. The van der Waals surface area contributed by atoms with Crippen LogP contribution in [-0.2, 0) is 4.79 Å². The van der Waals surface area contributed by atoms with Crippen LogP contribution < -0.4 is 5.32 Å². The summed E-state index contributed by atoms with van der Waals surface area (Å²) >= 11 is 3.73. The Morgan fingerprint density at radius 1 is 1.38 bits per heavy atom. The van der Waals surface area contributed by atoms with Crippen LogP contribution in [0.1, 0.15) is 50.8 Å². The normalized spacial score (nSPS) is 27.5. The molecule has 0 radical (unpaired) electrons. The molecule has 2 saturated heterocycles. The molecule has 2 aliphatic rings. The Morgan fingerprint density at radius 3 is 2.86 bits per heavy atom. The van der Waals surface area contributed by atoms with E-state index in [2.05, 4.69) is 34.0 Å². The third kappa shape index (κ3) is 3.30. The van der Waals surface area contributed by atoms with Gasteiger partial charge in [0.1, 0.15) is 6.17 Å². The summed E-state index contributed by atoms with van der Waals surface area (Å²) in [5, 5.41) is 7.89. The lowest BCUT2D eigenvalue weighted by Crippen LogP contribution is -2.42. The van der Waals surface area contributed by atoms with E-state index in [4.69, 9.17) is 0 Å². The molecular formula is C16H24N2OS2. The molecule has 3 nitrogen and oxygen atoms in total. The molecule has 0 aromatic carbocycles. The predicted molar refractivity (Wildman–Crippen MR) is 90.7 cm³/mol. The van der Waals surface area contributed by atoms with E-state index in [1.54, 1.807) is 11.3 Å². The first-order valence-corrected chi connectivity index (χ1v) is 10.1. The number of carbonyl (C=O) groups excluding carboxylic acids is 1. The third-order valence-corrected chi connectivity index (χ3v) is 6.23. The average Bonchev–Trinajstić information content (AvgIpc) is 3.14. The summed E-state index contributed by atoms with van der Waals surface area (Å²) in [5.41, 5.74) is 1.26. The molecule has 1 amide bonds. The van der Waals surface area contributed by atoms with Gasteiger partial charge in [-0.2, -0.15) is 23.1 Å². The molecule has 2 aliphatic heterocycles. The van der Waals surface area contributed by atoms with E-state index in [9.17, 15) is 4.79 Å². The maximum absolute atomic E-state index is 12.9. The van der Waals surface area contributed by atoms with Gasteiger partial charge in [-0.1, -0.05) is 19.8 Å². The van der Waals surface area contributed by atoms with Crippen LogP contribution in [0.25, 0.3) is 0 Å². The van der Waals surface area contributed by atoms with Crippen LogP contribution in [0.5, 0.6) is 0 Å². The Labute approximate surface area is 135 Å². The Hall–Kier alpha value is -0.520. The van der Waals surface area contributed by atoms with E-state index in [-0.39, 0.29) is 12.2 Å². The molecule has 0 aliphatic carbocycles. The number of hydrogen-bond acceptors (Lipinski definition) is 4. The zero-order valence-electron chi connectivity index (χ0n) is 12.6. The van der Waals surface area contributed by atoms with Gasteiger partial charge < -0.3 is 4.90 Å². The predicted octanol–water partition coefficient (Wildman–Crippen LogP) is 3.63. The van der Waals surface area contributed by atoms with E-state index in [0.29, 0.717) is 11.9 Å². The van der Waals surface area contributed by atoms with E-state index in [1.807, 2.05) is 11.8 Å². The van der Waals surface area contributed by atoms with Crippen molar-refractivity contribution in [3.63, 3.8) is 0 Å². The molecule has 2 fully saturated rings. The number of thioether (sulfide) groups is 1. The minimum Gasteiger partial charge on any atom is -0.318 e. The van der Waals surface area contributed by atoms with Crippen molar-refractivity contribution in [2.75, 3.05) is 11.5 Å². The Balaban J connectivity index is 1.79. The number of hydrogen-bond donors (Lipinski definition) is 1. The van der Waals surface area contributed by atoms with Crippen LogP contribution in [0.3, 0.4) is 0 Å². The molecular weight excluding hydrogens is 300 g/mol. The first-order chi connectivity index (χ1) is 10.3. The summed E-state index contributed by atoms with van der Waals surface area (Å²) in [7, 11) is 0. The van der Waals surface area contributed by atoms with Crippen LogP contribution in [-0.4, -0.2) is 34.4 Å². The van der Waals surface area contributed by atoms with Gasteiger partial charge in [-0.25, -0.2) is 0 Å². The molecule has 1 aromatic heterocycles. The third-order valence-electron chi connectivity index (χ3n) is 4.48. The second-order valence-corrected chi connectivity index (χ2v) is 7.91. The van der Waals surface area contributed by atoms with Crippen molar-refractivity contribution >= 4 is 29.0 Å². The zero-order chi connectivity index (χ0) is 14.7. The summed E-state index contributed by atoms with van der Waals surface area (Å²) < 4.78 is 0. The summed E-state index contributed by atoms with van der Waals surface area (Å²) in [4.78, 5) is 15.0. The van der Waals surface area contributed by atoms with E-state index in [0.717, 1.165) is 32.1 Å². The van der Waals surface area contributed by atoms with Crippen molar-refractivity contribution < 1.29 is 4.79 Å². The fraction of sp³-hybridized carbons (Fsp3) is 0.688. The Morgan fingerprint density at radius 2 is 2.19 bits per heavy atom. The standard InChI is InChI=1S/C16H24N2OS2/c1-2-3-4-14-16(19)18(13-6-9-20-10-7-13)15(17-14)12-5-8-21-11-12/h5,8,11,13-15,17H,2-4,6-7,9-10H2,1H3. The van der Waals surface area contributed by atoms with Crippen molar-refractivity contribution in [2.24, 2.45) is 0 Å². The van der Waals surface area contributed by atoms with Gasteiger partial charge in [-0.15, -0.1) is 0 Å². The monoisotopic (exact) mass is 324 g/mol. The van der Waals surface area contributed by atoms with Gasteiger partial charge in [0.25, 0.3) is 0 Å². The fourth-order valence-electron chi connectivity index (χ4n) is 3.31.